The van der Waals surface area contributed by atoms with Gasteiger partial charge in [0.2, 0.25) is 5.91 Å². The molecule has 1 amide bonds. The fourth-order valence-corrected chi connectivity index (χ4v) is 1.17. The summed E-state index contributed by atoms with van der Waals surface area (Å²) < 4.78 is 0. The maximum atomic E-state index is 11.0. The third-order valence-corrected chi connectivity index (χ3v) is 2.24. The number of carboxylic acid groups (broad SMARTS) is 1. The summed E-state index contributed by atoms with van der Waals surface area (Å²) in [6.45, 7) is 7.22. The molecule has 0 fully saturated rings. The standard InChI is InChI=1S/C11H21NO.C3H4O2/c1-3-5-7-9-10(11(12)13)8-6-4-2;1-2-3(4)5/h9H,3-8H2,1-2H3,(H2,12,13);2H,1H2,(H,4,5). The number of aliphatic carboxylic acids is 1. The van der Waals surface area contributed by atoms with Crippen LogP contribution in [0.15, 0.2) is 24.3 Å². The largest absolute Gasteiger partial charge is 0.478 e. The van der Waals surface area contributed by atoms with Crippen molar-refractivity contribution in [3.63, 3.8) is 0 Å². The van der Waals surface area contributed by atoms with Crippen molar-refractivity contribution in [1.82, 2.24) is 0 Å². The van der Waals surface area contributed by atoms with E-state index in [1.807, 2.05) is 6.08 Å². The van der Waals surface area contributed by atoms with Crippen LogP contribution in [0.3, 0.4) is 0 Å². The zero-order valence-corrected chi connectivity index (χ0v) is 11.4. The zero-order chi connectivity index (χ0) is 14.4. The van der Waals surface area contributed by atoms with Gasteiger partial charge < -0.3 is 10.8 Å². The van der Waals surface area contributed by atoms with E-state index in [1.54, 1.807) is 0 Å². The predicted octanol–water partition coefficient (Wildman–Crippen LogP) is 3.04. The van der Waals surface area contributed by atoms with E-state index in [1.165, 1.54) is 0 Å². The molecule has 0 aliphatic carbocycles. The topological polar surface area (TPSA) is 80.4 Å². The molecule has 0 aromatic carbocycles. The Morgan fingerprint density at radius 1 is 1.22 bits per heavy atom. The number of nitrogens with two attached hydrogens (primary N) is 1. The molecule has 3 N–H and O–H groups in total. The molecule has 0 unspecified atom stereocenters. The minimum Gasteiger partial charge on any atom is -0.478 e. The van der Waals surface area contributed by atoms with Gasteiger partial charge in [0.25, 0.3) is 0 Å². The number of hydrogen-bond acceptors (Lipinski definition) is 2. The second kappa shape index (κ2) is 13.5. The van der Waals surface area contributed by atoms with Gasteiger partial charge in [0.05, 0.1) is 0 Å². The van der Waals surface area contributed by atoms with Crippen LogP contribution in [0.25, 0.3) is 0 Å². The van der Waals surface area contributed by atoms with Crippen LogP contribution in [0.4, 0.5) is 0 Å². The molecule has 4 nitrogen and oxygen atoms in total. The molecule has 4 heteroatoms. The number of allylic oxidation sites excluding steroid dienone is 1. The third-order valence-electron chi connectivity index (χ3n) is 2.24. The number of carboxylic acids is 1. The maximum Gasteiger partial charge on any atom is 0.327 e. The highest BCUT2D eigenvalue weighted by atomic mass is 16.4. The average molecular weight is 255 g/mol. The summed E-state index contributed by atoms with van der Waals surface area (Å²) in [7, 11) is 0. The van der Waals surface area contributed by atoms with Gasteiger partial charge in [-0.1, -0.05) is 45.8 Å². The molecule has 18 heavy (non-hydrogen) atoms. The highest BCUT2D eigenvalue weighted by Crippen LogP contribution is 2.09. The monoisotopic (exact) mass is 255 g/mol. The van der Waals surface area contributed by atoms with Crippen LogP contribution in [-0.2, 0) is 9.59 Å². The SMILES string of the molecule is C=CC(=O)O.CCCCC=C(CCCC)C(N)=O. The third kappa shape index (κ3) is 14.4. The van der Waals surface area contributed by atoms with E-state index in [9.17, 15) is 9.59 Å². The van der Waals surface area contributed by atoms with E-state index in [-0.39, 0.29) is 5.91 Å². The molecular weight excluding hydrogens is 230 g/mol. The lowest BCUT2D eigenvalue weighted by atomic mass is 10.1. The number of primary amides is 1. The van der Waals surface area contributed by atoms with Crippen molar-refractivity contribution in [2.45, 2.75) is 52.4 Å². The second-order valence-electron chi connectivity index (χ2n) is 3.88. The van der Waals surface area contributed by atoms with Gasteiger partial charge in [-0.3, -0.25) is 4.79 Å². The van der Waals surface area contributed by atoms with Crippen molar-refractivity contribution < 1.29 is 14.7 Å². The van der Waals surface area contributed by atoms with Gasteiger partial charge in [-0.25, -0.2) is 4.79 Å². The maximum absolute atomic E-state index is 11.0. The van der Waals surface area contributed by atoms with E-state index in [0.29, 0.717) is 0 Å². The Labute approximate surface area is 110 Å². The van der Waals surface area contributed by atoms with E-state index in [2.05, 4.69) is 20.4 Å². The van der Waals surface area contributed by atoms with Crippen molar-refractivity contribution in [2.75, 3.05) is 0 Å². The first kappa shape index (κ1) is 18.8. The smallest absolute Gasteiger partial charge is 0.327 e. The molecule has 0 aromatic rings. The molecule has 0 heterocycles. The van der Waals surface area contributed by atoms with Gasteiger partial charge in [-0.05, 0) is 19.3 Å². The summed E-state index contributed by atoms with van der Waals surface area (Å²) in [6.07, 6.45) is 9.13. The van der Waals surface area contributed by atoms with Crippen LogP contribution < -0.4 is 5.73 Å². The normalized spacial score (nSPS) is 10.2. The van der Waals surface area contributed by atoms with Crippen LogP contribution in [0.5, 0.6) is 0 Å². The predicted molar refractivity (Wildman–Crippen MR) is 74.2 cm³/mol. The zero-order valence-electron chi connectivity index (χ0n) is 11.4. The van der Waals surface area contributed by atoms with Crippen molar-refractivity contribution in [2.24, 2.45) is 5.73 Å². The van der Waals surface area contributed by atoms with E-state index in [4.69, 9.17) is 10.8 Å². The Bertz CT molecular complexity index is 283. The summed E-state index contributed by atoms with van der Waals surface area (Å²) in [6, 6.07) is 0. The molecule has 0 bridgehead atoms. The Morgan fingerprint density at radius 3 is 2.06 bits per heavy atom. The summed E-state index contributed by atoms with van der Waals surface area (Å²) in [5.74, 6) is -1.23. The van der Waals surface area contributed by atoms with Gasteiger partial charge in [0, 0.05) is 11.6 Å². The number of hydrogen-bond donors (Lipinski definition) is 2. The van der Waals surface area contributed by atoms with Gasteiger partial charge in [0.15, 0.2) is 0 Å². The Hall–Kier alpha value is -1.58. The van der Waals surface area contributed by atoms with Gasteiger partial charge in [0.1, 0.15) is 0 Å². The highest BCUT2D eigenvalue weighted by molar-refractivity contribution is 5.91. The van der Waals surface area contributed by atoms with Crippen LogP contribution in [-0.4, -0.2) is 17.0 Å². The van der Waals surface area contributed by atoms with Crippen molar-refractivity contribution >= 4 is 11.9 Å². The van der Waals surface area contributed by atoms with Crippen LogP contribution >= 0.6 is 0 Å². The lowest BCUT2D eigenvalue weighted by Gasteiger charge is -2.01. The Balaban J connectivity index is 0. The van der Waals surface area contributed by atoms with Crippen molar-refractivity contribution in [3.05, 3.63) is 24.3 Å². The van der Waals surface area contributed by atoms with Crippen LogP contribution in [0, 0.1) is 0 Å². The Morgan fingerprint density at radius 2 is 1.72 bits per heavy atom. The molecule has 0 radical (unpaired) electrons. The molecule has 0 aliphatic rings. The van der Waals surface area contributed by atoms with Crippen molar-refractivity contribution in [3.8, 4) is 0 Å². The van der Waals surface area contributed by atoms with E-state index < -0.39 is 5.97 Å². The minimum atomic E-state index is -0.981. The highest BCUT2D eigenvalue weighted by Gasteiger charge is 2.02. The lowest BCUT2D eigenvalue weighted by Crippen LogP contribution is -2.13. The summed E-state index contributed by atoms with van der Waals surface area (Å²) >= 11 is 0. The van der Waals surface area contributed by atoms with E-state index in [0.717, 1.165) is 50.2 Å². The number of unbranched alkanes of at least 4 members (excludes halogenated alkanes) is 3. The van der Waals surface area contributed by atoms with Crippen LogP contribution in [0.2, 0.25) is 0 Å². The molecule has 0 aromatic heterocycles. The van der Waals surface area contributed by atoms with Gasteiger partial charge in [-0.15, -0.1) is 0 Å². The number of carbonyl (C=O) groups excluding carboxylic acids is 1. The fourth-order valence-electron chi connectivity index (χ4n) is 1.17. The van der Waals surface area contributed by atoms with Gasteiger partial charge in [-0.2, -0.15) is 0 Å². The molecule has 0 atom stereocenters. The molecule has 0 saturated heterocycles. The van der Waals surface area contributed by atoms with E-state index >= 15 is 0 Å². The quantitative estimate of drug-likeness (QED) is 0.516. The first-order chi connectivity index (χ1) is 8.49. The number of rotatable bonds is 8. The van der Waals surface area contributed by atoms with Crippen molar-refractivity contribution in [1.29, 1.82) is 0 Å². The molecule has 0 spiro atoms. The number of carbonyl (C=O) groups is 2. The lowest BCUT2D eigenvalue weighted by molar-refractivity contribution is -0.131. The molecular formula is C14H25NO3. The Kier molecular flexibility index (Phi) is 14.1. The summed E-state index contributed by atoms with van der Waals surface area (Å²) in [4.78, 5) is 20.2. The second-order valence-corrected chi connectivity index (χ2v) is 3.88. The molecule has 0 aliphatic heterocycles. The van der Waals surface area contributed by atoms with Gasteiger partial charge >= 0.3 is 5.97 Å². The molecule has 104 valence electrons. The minimum absolute atomic E-state index is 0.246. The first-order valence-corrected chi connectivity index (χ1v) is 6.33. The molecule has 0 rings (SSSR count). The number of amides is 1. The average Bonchev–Trinajstić information content (AvgIpc) is 2.33. The first-order valence-electron chi connectivity index (χ1n) is 6.33. The summed E-state index contributed by atoms with van der Waals surface area (Å²) in [5.41, 5.74) is 6.07. The fraction of sp³-hybridized carbons (Fsp3) is 0.571. The van der Waals surface area contributed by atoms with Crippen LogP contribution in [0.1, 0.15) is 52.4 Å². The molecule has 0 saturated carbocycles. The summed E-state index contributed by atoms with van der Waals surface area (Å²) in [5, 5.41) is 7.60.